The third-order valence-electron chi connectivity index (χ3n) is 3.54. The average molecular weight is 283 g/mol. The van der Waals surface area contributed by atoms with Gasteiger partial charge in [-0.15, -0.1) is 0 Å². The molecule has 2 aromatic rings. The van der Waals surface area contributed by atoms with E-state index in [9.17, 15) is 4.79 Å². The maximum Gasteiger partial charge on any atom is 0.217 e. The van der Waals surface area contributed by atoms with Crippen LogP contribution in [0.15, 0.2) is 48.5 Å². The van der Waals surface area contributed by atoms with Crippen molar-refractivity contribution < 1.29 is 9.53 Å². The van der Waals surface area contributed by atoms with Crippen LogP contribution in [0.2, 0.25) is 0 Å². The highest BCUT2D eigenvalue weighted by Crippen LogP contribution is 2.23. The van der Waals surface area contributed by atoms with Gasteiger partial charge >= 0.3 is 0 Å². The van der Waals surface area contributed by atoms with Crippen LogP contribution in [0.4, 0.5) is 0 Å². The number of ether oxygens (including phenoxy) is 1. The van der Waals surface area contributed by atoms with Crippen molar-refractivity contribution in [3.63, 3.8) is 0 Å². The molecule has 2 aromatic carbocycles. The number of hydrogen-bond donors (Lipinski definition) is 1. The molecule has 0 radical (unpaired) electrons. The first kappa shape index (κ1) is 15.3. The van der Waals surface area contributed by atoms with E-state index in [1.54, 1.807) is 7.11 Å². The number of amides is 1. The Morgan fingerprint density at radius 1 is 1.14 bits per heavy atom. The number of rotatable bonds is 5. The van der Waals surface area contributed by atoms with Gasteiger partial charge in [0.05, 0.1) is 6.10 Å². The Kier molecular flexibility index (Phi) is 5.12. The summed E-state index contributed by atoms with van der Waals surface area (Å²) < 4.78 is 5.32. The summed E-state index contributed by atoms with van der Waals surface area (Å²) in [6.45, 7) is 4.12. The molecular weight excluding hydrogens is 262 g/mol. The number of hydrogen-bond acceptors (Lipinski definition) is 2. The molecule has 3 heteroatoms. The molecule has 0 aliphatic carbocycles. The Balaban J connectivity index is 2.17. The van der Waals surface area contributed by atoms with E-state index in [4.69, 9.17) is 4.74 Å². The number of benzene rings is 2. The van der Waals surface area contributed by atoms with Crippen molar-refractivity contribution in [2.75, 3.05) is 7.11 Å². The molecule has 0 heterocycles. The molecule has 21 heavy (non-hydrogen) atoms. The van der Waals surface area contributed by atoms with Crippen molar-refractivity contribution in [2.24, 2.45) is 0 Å². The lowest BCUT2D eigenvalue weighted by atomic mass is 10.0. The molecule has 0 saturated heterocycles. The number of methoxy groups -OCH3 is 1. The normalized spacial score (nSPS) is 12.0. The predicted octanol–water partition coefficient (Wildman–Crippen LogP) is 3.70. The van der Waals surface area contributed by atoms with E-state index in [0.717, 1.165) is 22.3 Å². The van der Waals surface area contributed by atoms with Gasteiger partial charge in [0.1, 0.15) is 0 Å². The third-order valence-corrected chi connectivity index (χ3v) is 3.54. The zero-order valence-corrected chi connectivity index (χ0v) is 12.7. The molecule has 0 fully saturated rings. The van der Waals surface area contributed by atoms with E-state index in [-0.39, 0.29) is 12.0 Å². The van der Waals surface area contributed by atoms with Crippen LogP contribution in [0.5, 0.6) is 0 Å². The second-order valence-electron chi connectivity index (χ2n) is 5.11. The quantitative estimate of drug-likeness (QED) is 0.908. The summed E-state index contributed by atoms with van der Waals surface area (Å²) in [6, 6.07) is 16.6. The van der Waals surface area contributed by atoms with E-state index in [1.807, 2.05) is 19.1 Å². The van der Waals surface area contributed by atoms with Crippen molar-refractivity contribution >= 4 is 5.91 Å². The van der Waals surface area contributed by atoms with Crippen molar-refractivity contribution in [3.8, 4) is 11.1 Å². The fraction of sp³-hybridized carbons (Fsp3) is 0.278. The Bertz CT molecular complexity index is 605. The van der Waals surface area contributed by atoms with Crippen LogP contribution in [-0.2, 0) is 16.1 Å². The third kappa shape index (κ3) is 4.17. The Morgan fingerprint density at radius 3 is 2.48 bits per heavy atom. The fourth-order valence-corrected chi connectivity index (χ4v) is 2.17. The summed E-state index contributed by atoms with van der Waals surface area (Å²) in [5.74, 6) is -0.0155. The van der Waals surface area contributed by atoms with Crippen LogP contribution in [-0.4, -0.2) is 13.0 Å². The second-order valence-corrected chi connectivity index (χ2v) is 5.11. The minimum Gasteiger partial charge on any atom is -0.377 e. The first-order valence-electron chi connectivity index (χ1n) is 7.06. The summed E-state index contributed by atoms with van der Waals surface area (Å²) in [7, 11) is 1.71. The summed E-state index contributed by atoms with van der Waals surface area (Å²) in [4.78, 5) is 11.0. The van der Waals surface area contributed by atoms with Gasteiger partial charge in [-0.05, 0) is 35.2 Å². The van der Waals surface area contributed by atoms with Crippen molar-refractivity contribution in [1.82, 2.24) is 5.32 Å². The van der Waals surface area contributed by atoms with Gasteiger partial charge in [-0.25, -0.2) is 0 Å². The van der Waals surface area contributed by atoms with Crippen LogP contribution < -0.4 is 5.32 Å². The summed E-state index contributed by atoms with van der Waals surface area (Å²) in [5, 5.41) is 2.82. The molecule has 1 amide bonds. The van der Waals surface area contributed by atoms with Crippen molar-refractivity contribution in [1.29, 1.82) is 0 Å². The predicted molar refractivity (Wildman–Crippen MR) is 84.8 cm³/mol. The lowest BCUT2D eigenvalue weighted by molar-refractivity contribution is -0.119. The van der Waals surface area contributed by atoms with Gasteiger partial charge in [0, 0.05) is 20.6 Å². The lowest BCUT2D eigenvalue weighted by Gasteiger charge is -2.11. The van der Waals surface area contributed by atoms with E-state index in [2.05, 4.69) is 41.7 Å². The summed E-state index contributed by atoms with van der Waals surface area (Å²) in [5.41, 5.74) is 4.56. The highest BCUT2D eigenvalue weighted by atomic mass is 16.5. The van der Waals surface area contributed by atoms with E-state index in [0.29, 0.717) is 6.54 Å². The zero-order chi connectivity index (χ0) is 15.2. The molecule has 0 aromatic heterocycles. The molecule has 2 rings (SSSR count). The highest BCUT2D eigenvalue weighted by Gasteiger charge is 2.04. The molecule has 0 bridgehead atoms. The molecule has 1 unspecified atom stereocenters. The fourth-order valence-electron chi connectivity index (χ4n) is 2.17. The minimum atomic E-state index is -0.0155. The lowest BCUT2D eigenvalue weighted by Crippen LogP contribution is -2.18. The maximum atomic E-state index is 11.0. The van der Waals surface area contributed by atoms with Crippen LogP contribution in [0.25, 0.3) is 11.1 Å². The van der Waals surface area contributed by atoms with Gasteiger partial charge in [-0.1, -0.05) is 42.5 Å². The van der Waals surface area contributed by atoms with E-state index < -0.39 is 0 Å². The Hall–Kier alpha value is -2.13. The van der Waals surface area contributed by atoms with E-state index in [1.165, 1.54) is 6.92 Å². The maximum absolute atomic E-state index is 11.0. The Labute approximate surface area is 126 Å². The molecule has 3 nitrogen and oxygen atoms in total. The molecule has 1 N–H and O–H groups in total. The van der Waals surface area contributed by atoms with Gasteiger partial charge in [0.15, 0.2) is 0 Å². The molecule has 0 aliphatic heterocycles. The number of carbonyl (C=O) groups excluding carboxylic acids is 1. The van der Waals surface area contributed by atoms with Crippen LogP contribution in [0.1, 0.15) is 31.1 Å². The van der Waals surface area contributed by atoms with Gasteiger partial charge in [-0.2, -0.15) is 0 Å². The Morgan fingerprint density at radius 2 is 1.86 bits per heavy atom. The molecular formula is C18H21NO2. The highest BCUT2D eigenvalue weighted by molar-refractivity contribution is 5.73. The molecule has 110 valence electrons. The van der Waals surface area contributed by atoms with Crippen molar-refractivity contribution in [3.05, 3.63) is 59.7 Å². The molecule has 0 aliphatic rings. The first-order valence-corrected chi connectivity index (χ1v) is 7.06. The van der Waals surface area contributed by atoms with Gasteiger partial charge < -0.3 is 10.1 Å². The van der Waals surface area contributed by atoms with Crippen LogP contribution in [0, 0.1) is 0 Å². The minimum absolute atomic E-state index is 0.0155. The summed E-state index contributed by atoms with van der Waals surface area (Å²) in [6.07, 6.45) is 0.102. The van der Waals surface area contributed by atoms with Gasteiger partial charge in [-0.3, -0.25) is 4.79 Å². The summed E-state index contributed by atoms with van der Waals surface area (Å²) >= 11 is 0. The first-order chi connectivity index (χ1) is 10.1. The second kappa shape index (κ2) is 7.04. The van der Waals surface area contributed by atoms with Gasteiger partial charge in [0.2, 0.25) is 5.91 Å². The average Bonchev–Trinajstić information content (AvgIpc) is 2.52. The molecule has 0 spiro atoms. The number of nitrogens with one attached hydrogen (secondary N) is 1. The SMILES string of the molecule is COC(C)c1ccc(-c2cccc(CNC(C)=O)c2)cc1. The topological polar surface area (TPSA) is 38.3 Å². The molecule has 1 atom stereocenters. The van der Waals surface area contributed by atoms with Gasteiger partial charge in [0.25, 0.3) is 0 Å². The zero-order valence-electron chi connectivity index (χ0n) is 12.7. The largest absolute Gasteiger partial charge is 0.377 e. The van der Waals surface area contributed by atoms with Crippen LogP contribution in [0.3, 0.4) is 0 Å². The molecule has 0 saturated carbocycles. The number of carbonyl (C=O) groups is 1. The monoisotopic (exact) mass is 283 g/mol. The van der Waals surface area contributed by atoms with E-state index >= 15 is 0 Å². The van der Waals surface area contributed by atoms with Crippen LogP contribution >= 0.6 is 0 Å². The smallest absolute Gasteiger partial charge is 0.217 e. The standard InChI is InChI=1S/C18H21NO2/c1-13(21-3)16-7-9-17(10-8-16)18-6-4-5-15(11-18)12-19-14(2)20/h4-11,13H,12H2,1-3H3,(H,19,20). The van der Waals surface area contributed by atoms with Crippen molar-refractivity contribution in [2.45, 2.75) is 26.5 Å².